The molecule has 0 aliphatic carbocycles. The van der Waals surface area contributed by atoms with E-state index in [9.17, 15) is 10.1 Å². The average molecular weight is 284 g/mol. The van der Waals surface area contributed by atoms with Gasteiger partial charge in [0.15, 0.2) is 5.78 Å². The molecule has 0 radical (unpaired) electrons. The summed E-state index contributed by atoms with van der Waals surface area (Å²) >= 11 is 5.94. The summed E-state index contributed by atoms with van der Waals surface area (Å²) in [6.45, 7) is 3.78. The topological polar surface area (TPSA) is 40.9 Å². The van der Waals surface area contributed by atoms with Crippen LogP contribution in [0.4, 0.5) is 0 Å². The molecule has 1 atom stereocenters. The van der Waals surface area contributed by atoms with Crippen LogP contribution in [0.15, 0.2) is 42.5 Å². The number of rotatable bonds is 3. The molecule has 0 aromatic heterocycles. The zero-order chi connectivity index (χ0) is 14.7. The predicted molar refractivity (Wildman–Crippen MR) is 80.1 cm³/mol. The van der Waals surface area contributed by atoms with Gasteiger partial charge in [-0.3, -0.25) is 4.79 Å². The van der Waals surface area contributed by atoms with Gasteiger partial charge in [0.1, 0.15) is 5.92 Å². The molecule has 1 unspecified atom stereocenters. The number of carbonyl (C=O) groups excluding carboxylic acids is 1. The van der Waals surface area contributed by atoms with Crippen molar-refractivity contribution in [2.75, 3.05) is 0 Å². The lowest BCUT2D eigenvalue weighted by atomic mass is 9.89. The standard InChI is InChI=1S/C17H14ClNO/c1-11-4-3-5-13(8-11)16(10-19)17(20)15-9-14(18)7-6-12(15)2/h3-9,16H,1-2H3. The molecule has 100 valence electrons. The Morgan fingerprint density at radius 2 is 1.95 bits per heavy atom. The number of carbonyl (C=O) groups is 1. The summed E-state index contributed by atoms with van der Waals surface area (Å²) in [6, 6.07) is 14.7. The lowest BCUT2D eigenvalue weighted by Gasteiger charge is -2.11. The van der Waals surface area contributed by atoms with Crippen LogP contribution in [-0.4, -0.2) is 5.78 Å². The highest BCUT2D eigenvalue weighted by Gasteiger charge is 2.23. The molecule has 0 amide bonds. The van der Waals surface area contributed by atoms with Crippen molar-refractivity contribution in [3.8, 4) is 6.07 Å². The van der Waals surface area contributed by atoms with Crippen LogP contribution >= 0.6 is 11.6 Å². The lowest BCUT2D eigenvalue weighted by Crippen LogP contribution is -2.12. The minimum atomic E-state index is -0.799. The van der Waals surface area contributed by atoms with Crippen molar-refractivity contribution in [1.82, 2.24) is 0 Å². The molecule has 0 aliphatic heterocycles. The summed E-state index contributed by atoms with van der Waals surface area (Å²) in [7, 11) is 0. The van der Waals surface area contributed by atoms with Crippen molar-refractivity contribution in [3.05, 3.63) is 69.7 Å². The third kappa shape index (κ3) is 2.89. The maximum Gasteiger partial charge on any atom is 0.184 e. The van der Waals surface area contributed by atoms with Crippen LogP contribution in [-0.2, 0) is 0 Å². The van der Waals surface area contributed by atoms with Crippen molar-refractivity contribution in [3.63, 3.8) is 0 Å². The Hall–Kier alpha value is -2.11. The maximum atomic E-state index is 12.6. The highest BCUT2D eigenvalue weighted by atomic mass is 35.5. The maximum absolute atomic E-state index is 12.6. The number of hydrogen-bond acceptors (Lipinski definition) is 2. The van der Waals surface area contributed by atoms with E-state index in [1.165, 1.54) is 0 Å². The fourth-order valence-corrected chi connectivity index (χ4v) is 2.32. The fraction of sp³-hybridized carbons (Fsp3) is 0.176. The third-order valence-corrected chi connectivity index (χ3v) is 3.47. The molecule has 20 heavy (non-hydrogen) atoms. The summed E-state index contributed by atoms with van der Waals surface area (Å²) in [6.07, 6.45) is 0. The molecule has 2 aromatic rings. The minimum absolute atomic E-state index is 0.210. The summed E-state index contributed by atoms with van der Waals surface area (Å²) in [5.74, 6) is -1.01. The van der Waals surface area contributed by atoms with E-state index in [0.29, 0.717) is 10.6 Å². The van der Waals surface area contributed by atoms with Crippen molar-refractivity contribution < 1.29 is 4.79 Å². The van der Waals surface area contributed by atoms with Gasteiger partial charge < -0.3 is 0 Å². The van der Waals surface area contributed by atoms with Gasteiger partial charge in [-0.25, -0.2) is 0 Å². The van der Waals surface area contributed by atoms with Gasteiger partial charge in [0.05, 0.1) is 6.07 Å². The molecular weight excluding hydrogens is 270 g/mol. The van der Waals surface area contributed by atoms with E-state index >= 15 is 0 Å². The molecule has 0 spiro atoms. The van der Waals surface area contributed by atoms with E-state index in [4.69, 9.17) is 11.6 Å². The molecule has 0 heterocycles. The largest absolute Gasteiger partial charge is 0.292 e. The second kappa shape index (κ2) is 5.90. The average Bonchev–Trinajstić information content (AvgIpc) is 2.42. The van der Waals surface area contributed by atoms with E-state index < -0.39 is 5.92 Å². The molecule has 0 saturated heterocycles. The van der Waals surface area contributed by atoms with Crippen LogP contribution in [0.3, 0.4) is 0 Å². The van der Waals surface area contributed by atoms with Crippen LogP contribution in [0, 0.1) is 25.2 Å². The molecule has 0 aliphatic rings. The summed E-state index contributed by atoms with van der Waals surface area (Å²) in [5.41, 5.74) is 3.08. The Balaban J connectivity index is 2.45. The van der Waals surface area contributed by atoms with Crippen molar-refractivity contribution in [2.24, 2.45) is 0 Å². The first-order chi connectivity index (χ1) is 9.52. The van der Waals surface area contributed by atoms with E-state index in [0.717, 1.165) is 16.7 Å². The molecule has 0 fully saturated rings. The molecule has 0 bridgehead atoms. The van der Waals surface area contributed by atoms with E-state index in [1.807, 2.05) is 32.0 Å². The van der Waals surface area contributed by atoms with Gasteiger partial charge in [0, 0.05) is 10.6 Å². The zero-order valence-electron chi connectivity index (χ0n) is 11.4. The number of ketones is 1. The number of Topliss-reactive ketones (excluding diaryl/α,β-unsaturated/α-hetero) is 1. The Morgan fingerprint density at radius 1 is 1.20 bits per heavy atom. The van der Waals surface area contributed by atoms with E-state index in [2.05, 4.69) is 6.07 Å². The van der Waals surface area contributed by atoms with E-state index in [-0.39, 0.29) is 5.78 Å². The van der Waals surface area contributed by atoms with Crippen LogP contribution in [0.1, 0.15) is 33.0 Å². The smallest absolute Gasteiger partial charge is 0.184 e. The molecule has 2 nitrogen and oxygen atoms in total. The highest BCUT2D eigenvalue weighted by Crippen LogP contribution is 2.25. The van der Waals surface area contributed by atoms with Crippen LogP contribution < -0.4 is 0 Å². The van der Waals surface area contributed by atoms with Gasteiger partial charge in [0.25, 0.3) is 0 Å². The number of nitriles is 1. The number of hydrogen-bond donors (Lipinski definition) is 0. The summed E-state index contributed by atoms with van der Waals surface area (Å²) in [4.78, 5) is 12.6. The van der Waals surface area contributed by atoms with Gasteiger partial charge in [-0.05, 0) is 37.1 Å². The molecule has 0 saturated carbocycles. The highest BCUT2D eigenvalue weighted by molar-refractivity contribution is 6.31. The van der Waals surface area contributed by atoms with Gasteiger partial charge in [-0.2, -0.15) is 5.26 Å². The number of aryl methyl sites for hydroxylation is 2. The van der Waals surface area contributed by atoms with Gasteiger partial charge in [0.2, 0.25) is 0 Å². The SMILES string of the molecule is Cc1cccc(C(C#N)C(=O)c2cc(Cl)ccc2C)c1. The molecular formula is C17H14ClNO. The predicted octanol–water partition coefficient (Wildman–Crippen LogP) is 4.45. The third-order valence-electron chi connectivity index (χ3n) is 3.23. The number of benzene rings is 2. The molecule has 2 rings (SSSR count). The first kappa shape index (κ1) is 14.3. The second-order valence-electron chi connectivity index (χ2n) is 4.80. The normalized spacial score (nSPS) is 11.7. The number of nitrogens with zero attached hydrogens (tertiary/aromatic N) is 1. The van der Waals surface area contributed by atoms with E-state index in [1.54, 1.807) is 24.3 Å². The van der Waals surface area contributed by atoms with Gasteiger partial charge in [-0.15, -0.1) is 0 Å². The minimum Gasteiger partial charge on any atom is -0.292 e. The monoisotopic (exact) mass is 283 g/mol. The Kier molecular flexibility index (Phi) is 4.22. The number of halogens is 1. The fourth-order valence-electron chi connectivity index (χ4n) is 2.15. The Labute approximate surface area is 123 Å². The Bertz CT molecular complexity index is 700. The van der Waals surface area contributed by atoms with Gasteiger partial charge >= 0.3 is 0 Å². The molecule has 3 heteroatoms. The van der Waals surface area contributed by atoms with Gasteiger partial charge in [-0.1, -0.05) is 47.5 Å². The van der Waals surface area contributed by atoms with Crippen molar-refractivity contribution in [1.29, 1.82) is 5.26 Å². The first-order valence-corrected chi connectivity index (χ1v) is 6.67. The molecule has 0 N–H and O–H groups in total. The van der Waals surface area contributed by atoms with Crippen LogP contribution in [0.5, 0.6) is 0 Å². The summed E-state index contributed by atoms with van der Waals surface area (Å²) < 4.78 is 0. The summed E-state index contributed by atoms with van der Waals surface area (Å²) in [5, 5.41) is 9.86. The lowest BCUT2D eigenvalue weighted by molar-refractivity contribution is 0.0978. The van der Waals surface area contributed by atoms with Crippen molar-refractivity contribution >= 4 is 17.4 Å². The quantitative estimate of drug-likeness (QED) is 0.781. The first-order valence-electron chi connectivity index (χ1n) is 6.29. The molecule has 2 aromatic carbocycles. The van der Waals surface area contributed by atoms with Crippen molar-refractivity contribution in [2.45, 2.75) is 19.8 Å². The Morgan fingerprint density at radius 3 is 2.60 bits per heavy atom. The van der Waals surface area contributed by atoms with Crippen LogP contribution in [0.2, 0.25) is 5.02 Å². The second-order valence-corrected chi connectivity index (χ2v) is 5.24. The van der Waals surface area contributed by atoms with Crippen LogP contribution in [0.25, 0.3) is 0 Å². The zero-order valence-corrected chi connectivity index (χ0v) is 12.1.